The van der Waals surface area contributed by atoms with Crippen molar-refractivity contribution in [3.63, 3.8) is 0 Å². The number of nitrogens with two attached hydrogens (primary N) is 1. The zero-order chi connectivity index (χ0) is 13.3. The van der Waals surface area contributed by atoms with Gasteiger partial charge in [0.15, 0.2) is 0 Å². The molecule has 0 saturated carbocycles. The van der Waals surface area contributed by atoms with E-state index in [1.807, 2.05) is 0 Å². The average molecular weight is 254 g/mol. The lowest BCUT2D eigenvalue weighted by atomic mass is 10.1. The van der Waals surface area contributed by atoms with Crippen LogP contribution in [0, 0.1) is 0 Å². The first-order valence-electron chi connectivity index (χ1n) is 5.01. The third-order valence-electron chi connectivity index (χ3n) is 2.34. The maximum absolute atomic E-state index is 12.5. The summed E-state index contributed by atoms with van der Waals surface area (Å²) in [6.07, 6.45) is -4.51. The maximum atomic E-state index is 12.5. The molecular formula is C12H9F3N2O. The number of aromatic hydroxyl groups is 1. The Balaban J connectivity index is 2.51. The van der Waals surface area contributed by atoms with Gasteiger partial charge in [0.05, 0.1) is 5.69 Å². The Morgan fingerprint density at radius 1 is 1.11 bits per heavy atom. The molecule has 3 N–H and O–H groups in total. The predicted molar refractivity (Wildman–Crippen MR) is 60.8 cm³/mol. The molecule has 0 radical (unpaired) electrons. The summed E-state index contributed by atoms with van der Waals surface area (Å²) in [5.41, 5.74) is 5.01. The molecule has 1 aromatic carbocycles. The summed E-state index contributed by atoms with van der Waals surface area (Å²) in [4.78, 5) is 3.48. The van der Waals surface area contributed by atoms with Crippen molar-refractivity contribution < 1.29 is 18.3 Å². The van der Waals surface area contributed by atoms with Gasteiger partial charge in [0.1, 0.15) is 11.4 Å². The highest BCUT2D eigenvalue weighted by Crippen LogP contribution is 2.33. The van der Waals surface area contributed by atoms with Crippen LogP contribution in [0.1, 0.15) is 5.69 Å². The van der Waals surface area contributed by atoms with Crippen LogP contribution >= 0.6 is 0 Å². The van der Waals surface area contributed by atoms with Crippen LogP contribution in [-0.4, -0.2) is 10.1 Å². The van der Waals surface area contributed by atoms with E-state index in [2.05, 4.69) is 4.98 Å². The number of hydrogen-bond donors (Lipinski definition) is 2. The van der Waals surface area contributed by atoms with Crippen molar-refractivity contribution in [1.82, 2.24) is 4.98 Å². The molecule has 2 rings (SSSR count). The number of anilines is 1. The van der Waals surface area contributed by atoms with Crippen molar-refractivity contribution >= 4 is 5.69 Å². The van der Waals surface area contributed by atoms with Gasteiger partial charge in [0.25, 0.3) is 0 Å². The molecule has 6 heteroatoms. The van der Waals surface area contributed by atoms with Crippen molar-refractivity contribution in [2.45, 2.75) is 6.18 Å². The Hall–Kier alpha value is -2.24. The molecule has 0 saturated heterocycles. The van der Waals surface area contributed by atoms with Gasteiger partial charge in [-0.3, -0.25) is 0 Å². The van der Waals surface area contributed by atoms with Gasteiger partial charge >= 0.3 is 6.18 Å². The van der Waals surface area contributed by atoms with E-state index in [9.17, 15) is 18.3 Å². The molecule has 2 aromatic rings. The van der Waals surface area contributed by atoms with E-state index in [1.54, 1.807) is 0 Å². The molecule has 0 aliphatic carbocycles. The summed E-state index contributed by atoms with van der Waals surface area (Å²) in [5, 5.41) is 9.64. The number of rotatable bonds is 1. The second-order valence-electron chi connectivity index (χ2n) is 3.68. The molecule has 0 amide bonds. The molecule has 1 heterocycles. The first kappa shape index (κ1) is 12.2. The molecule has 0 fully saturated rings. The normalized spacial score (nSPS) is 11.5. The minimum atomic E-state index is -4.51. The van der Waals surface area contributed by atoms with Crippen molar-refractivity contribution in [2.24, 2.45) is 0 Å². The molecule has 0 atom stereocenters. The minimum Gasteiger partial charge on any atom is -0.507 e. The monoisotopic (exact) mass is 254 g/mol. The van der Waals surface area contributed by atoms with Crippen molar-refractivity contribution in [1.29, 1.82) is 0 Å². The van der Waals surface area contributed by atoms with Crippen molar-refractivity contribution in [3.8, 4) is 17.0 Å². The topological polar surface area (TPSA) is 59.1 Å². The van der Waals surface area contributed by atoms with Gasteiger partial charge < -0.3 is 10.8 Å². The number of phenolic OH excluding ortho intramolecular Hbond substituents is 1. The highest BCUT2D eigenvalue weighted by Gasteiger charge is 2.32. The third-order valence-corrected chi connectivity index (χ3v) is 2.34. The number of halogens is 3. The van der Waals surface area contributed by atoms with Gasteiger partial charge in [0.2, 0.25) is 0 Å². The number of alkyl halides is 3. The van der Waals surface area contributed by atoms with Crippen molar-refractivity contribution in [3.05, 3.63) is 42.1 Å². The predicted octanol–water partition coefficient (Wildman–Crippen LogP) is 3.06. The summed E-state index contributed by atoms with van der Waals surface area (Å²) in [7, 11) is 0. The molecule has 1 aromatic heterocycles. The van der Waals surface area contributed by atoms with E-state index < -0.39 is 11.9 Å². The van der Waals surface area contributed by atoms with Gasteiger partial charge in [-0.25, -0.2) is 4.98 Å². The SMILES string of the molecule is Nc1ccc(-c2cccc(C(F)(F)F)n2)c(O)c1. The van der Waals surface area contributed by atoms with Gasteiger partial charge in [0, 0.05) is 17.3 Å². The maximum Gasteiger partial charge on any atom is 0.433 e. The first-order chi connectivity index (χ1) is 8.38. The number of aromatic nitrogens is 1. The number of hydrogen-bond acceptors (Lipinski definition) is 3. The van der Waals surface area contributed by atoms with E-state index in [4.69, 9.17) is 5.73 Å². The lowest BCUT2D eigenvalue weighted by molar-refractivity contribution is -0.141. The van der Waals surface area contributed by atoms with Crippen LogP contribution in [0.4, 0.5) is 18.9 Å². The molecule has 3 nitrogen and oxygen atoms in total. The van der Waals surface area contributed by atoms with Gasteiger partial charge in [-0.2, -0.15) is 13.2 Å². The summed E-state index contributed by atoms with van der Waals surface area (Å²) in [5.74, 6) is -0.207. The lowest BCUT2D eigenvalue weighted by Crippen LogP contribution is -2.08. The van der Waals surface area contributed by atoms with Gasteiger partial charge in [-0.1, -0.05) is 6.07 Å². The van der Waals surface area contributed by atoms with E-state index in [0.717, 1.165) is 6.07 Å². The molecule has 94 valence electrons. The Kier molecular flexibility index (Phi) is 2.86. The van der Waals surface area contributed by atoms with Gasteiger partial charge in [-0.15, -0.1) is 0 Å². The number of nitrogens with zero attached hydrogens (tertiary/aromatic N) is 1. The first-order valence-corrected chi connectivity index (χ1v) is 5.01. The molecule has 0 unspecified atom stereocenters. The molecule has 0 bridgehead atoms. The number of phenols is 1. The third kappa shape index (κ3) is 2.37. The zero-order valence-corrected chi connectivity index (χ0v) is 9.07. The minimum absolute atomic E-state index is 0.0438. The molecular weight excluding hydrogens is 245 g/mol. The summed E-state index contributed by atoms with van der Waals surface area (Å²) in [6.45, 7) is 0. The number of pyridine rings is 1. The fourth-order valence-electron chi connectivity index (χ4n) is 1.51. The summed E-state index contributed by atoms with van der Waals surface area (Å²) >= 11 is 0. The lowest BCUT2D eigenvalue weighted by Gasteiger charge is -2.09. The Morgan fingerprint density at radius 3 is 2.44 bits per heavy atom. The Labute approximate surface area is 101 Å². The standard InChI is InChI=1S/C12H9F3N2O/c13-12(14,15)11-3-1-2-9(17-11)8-5-4-7(16)6-10(8)18/h1-6,18H,16H2. The molecule has 0 aliphatic rings. The molecule has 0 aliphatic heterocycles. The zero-order valence-electron chi connectivity index (χ0n) is 9.07. The molecule has 0 spiro atoms. The number of nitrogen functional groups attached to an aromatic ring is 1. The fraction of sp³-hybridized carbons (Fsp3) is 0.0833. The van der Waals surface area contributed by atoms with Crippen LogP contribution in [0.25, 0.3) is 11.3 Å². The average Bonchev–Trinajstić information content (AvgIpc) is 2.28. The summed E-state index contributed by atoms with van der Waals surface area (Å²) in [6, 6.07) is 7.67. The van der Waals surface area contributed by atoms with Crippen LogP contribution in [0.5, 0.6) is 5.75 Å². The molecule has 18 heavy (non-hydrogen) atoms. The van der Waals surface area contributed by atoms with Crippen LogP contribution in [0.2, 0.25) is 0 Å². The number of benzene rings is 1. The van der Waals surface area contributed by atoms with Crippen LogP contribution in [0.3, 0.4) is 0 Å². The second-order valence-corrected chi connectivity index (χ2v) is 3.68. The Morgan fingerprint density at radius 2 is 1.83 bits per heavy atom. The fourth-order valence-corrected chi connectivity index (χ4v) is 1.51. The van der Waals surface area contributed by atoms with E-state index in [0.29, 0.717) is 5.69 Å². The van der Waals surface area contributed by atoms with E-state index >= 15 is 0 Å². The highest BCUT2D eigenvalue weighted by molar-refractivity contribution is 5.69. The van der Waals surface area contributed by atoms with Crippen LogP contribution < -0.4 is 5.73 Å². The van der Waals surface area contributed by atoms with E-state index in [1.165, 1.54) is 30.3 Å². The Bertz CT molecular complexity index is 582. The largest absolute Gasteiger partial charge is 0.507 e. The van der Waals surface area contributed by atoms with Crippen molar-refractivity contribution in [2.75, 3.05) is 5.73 Å². The summed E-state index contributed by atoms with van der Waals surface area (Å²) < 4.78 is 37.5. The van der Waals surface area contributed by atoms with Crippen LogP contribution in [0.15, 0.2) is 36.4 Å². The highest BCUT2D eigenvalue weighted by atomic mass is 19.4. The van der Waals surface area contributed by atoms with Gasteiger partial charge in [-0.05, 0) is 24.3 Å². The van der Waals surface area contributed by atoms with E-state index in [-0.39, 0.29) is 17.0 Å². The second kappa shape index (κ2) is 4.21. The smallest absolute Gasteiger partial charge is 0.433 e. The van der Waals surface area contributed by atoms with Crippen LogP contribution in [-0.2, 0) is 6.18 Å². The quantitative estimate of drug-likeness (QED) is 0.769.